The minimum Gasteiger partial charge on any atom is -0.481 e. The summed E-state index contributed by atoms with van der Waals surface area (Å²) < 4.78 is 6.67. The number of methoxy groups -OCH3 is 1. The van der Waals surface area contributed by atoms with E-state index in [4.69, 9.17) is 4.74 Å². The summed E-state index contributed by atoms with van der Waals surface area (Å²) >= 11 is 0. The number of hydrogen-bond acceptors (Lipinski definition) is 5. The second-order valence-electron chi connectivity index (χ2n) is 3.69. The first kappa shape index (κ1) is 11.5. The molecule has 1 atom stereocenters. The van der Waals surface area contributed by atoms with Crippen molar-refractivity contribution >= 4 is 0 Å². The fourth-order valence-corrected chi connectivity index (χ4v) is 1.52. The van der Waals surface area contributed by atoms with Gasteiger partial charge in [-0.05, 0) is 6.07 Å². The van der Waals surface area contributed by atoms with E-state index >= 15 is 0 Å². The van der Waals surface area contributed by atoms with Crippen LogP contribution in [-0.4, -0.2) is 32.0 Å². The molecule has 0 bridgehead atoms. The third-order valence-electron chi connectivity index (χ3n) is 2.39. The second-order valence-corrected chi connectivity index (χ2v) is 3.69. The van der Waals surface area contributed by atoms with Crippen molar-refractivity contribution < 1.29 is 9.84 Å². The summed E-state index contributed by atoms with van der Waals surface area (Å²) in [7, 11) is 3.36. The average Bonchev–Trinajstić information content (AvgIpc) is 2.75. The molecule has 0 amide bonds. The van der Waals surface area contributed by atoms with E-state index in [0.29, 0.717) is 18.0 Å². The Morgan fingerprint density at radius 3 is 2.94 bits per heavy atom. The summed E-state index contributed by atoms with van der Waals surface area (Å²) in [6.07, 6.45) is 2.92. The van der Waals surface area contributed by atoms with Crippen LogP contribution in [0.4, 0.5) is 0 Å². The maximum atomic E-state index is 10.0. The van der Waals surface area contributed by atoms with Crippen molar-refractivity contribution in [3.8, 4) is 5.88 Å². The number of ether oxygens (including phenoxy) is 1. The van der Waals surface area contributed by atoms with Crippen molar-refractivity contribution in [2.24, 2.45) is 7.05 Å². The molecule has 0 fully saturated rings. The summed E-state index contributed by atoms with van der Waals surface area (Å²) in [5, 5.41) is 14.2. The molecule has 1 unspecified atom stereocenters. The maximum Gasteiger partial charge on any atom is 0.216 e. The monoisotopic (exact) mass is 234 g/mol. The molecule has 2 aromatic rings. The molecule has 0 radical (unpaired) electrons. The van der Waals surface area contributed by atoms with Gasteiger partial charge in [0.1, 0.15) is 12.4 Å². The number of aromatic nitrogens is 4. The molecule has 0 aliphatic heterocycles. The average molecular weight is 234 g/mol. The summed E-state index contributed by atoms with van der Waals surface area (Å²) in [5.74, 6) is 0.440. The largest absolute Gasteiger partial charge is 0.481 e. The highest BCUT2D eigenvalue weighted by molar-refractivity contribution is 5.17. The third-order valence-corrected chi connectivity index (χ3v) is 2.39. The van der Waals surface area contributed by atoms with Crippen LogP contribution in [-0.2, 0) is 13.5 Å². The van der Waals surface area contributed by atoms with Crippen molar-refractivity contribution in [2.45, 2.75) is 12.5 Å². The molecule has 2 heterocycles. The van der Waals surface area contributed by atoms with Gasteiger partial charge in [0.2, 0.25) is 5.88 Å². The first-order chi connectivity index (χ1) is 8.19. The van der Waals surface area contributed by atoms with Gasteiger partial charge in [-0.1, -0.05) is 0 Å². The fraction of sp³-hybridized carbons (Fsp3) is 0.364. The van der Waals surface area contributed by atoms with Gasteiger partial charge < -0.3 is 9.84 Å². The topological polar surface area (TPSA) is 73.1 Å². The Bertz CT molecular complexity index is 498. The van der Waals surface area contributed by atoms with Gasteiger partial charge in [0.15, 0.2) is 0 Å². The van der Waals surface area contributed by atoms with Crippen LogP contribution in [0.15, 0.2) is 24.7 Å². The van der Waals surface area contributed by atoms with E-state index in [1.165, 1.54) is 13.4 Å². The summed E-state index contributed by atoms with van der Waals surface area (Å²) in [4.78, 5) is 7.90. The van der Waals surface area contributed by atoms with Crippen LogP contribution in [0.25, 0.3) is 0 Å². The highest BCUT2D eigenvalue weighted by atomic mass is 16.5. The van der Waals surface area contributed by atoms with Gasteiger partial charge in [-0.25, -0.2) is 9.97 Å². The van der Waals surface area contributed by atoms with Crippen LogP contribution < -0.4 is 4.74 Å². The number of rotatable bonds is 4. The number of aliphatic hydroxyl groups excluding tert-OH is 1. The Kier molecular flexibility index (Phi) is 3.34. The predicted octanol–water partition coefficient (Wildman–Crippen LogP) is 0.495. The molecule has 0 aliphatic carbocycles. The quantitative estimate of drug-likeness (QED) is 0.833. The molecule has 0 spiro atoms. The second kappa shape index (κ2) is 4.92. The smallest absolute Gasteiger partial charge is 0.216 e. The lowest BCUT2D eigenvalue weighted by molar-refractivity contribution is 0.171. The minimum atomic E-state index is -0.707. The van der Waals surface area contributed by atoms with Crippen molar-refractivity contribution in [3.63, 3.8) is 0 Å². The van der Waals surface area contributed by atoms with Gasteiger partial charge in [-0.2, -0.15) is 5.10 Å². The zero-order chi connectivity index (χ0) is 12.3. The van der Waals surface area contributed by atoms with Crippen molar-refractivity contribution in [1.29, 1.82) is 0 Å². The summed E-state index contributed by atoms with van der Waals surface area (Å²) in [5.41, 5.74) is 1.35. The van der Waals surface area contributed by atoms with Crippen LogP contribution in [0.2, 0.25) is 0 Å². The first-order valence-electron chi connectivity index (χ1n) is 5.21. The number of aryl methyl sites for hydroxylation is 1. The molecule has 2 aromatic heterocycles. The van der Waals surface area contributed by atoms with Crippen LogP contribution >= 0.6 is 0 Å². The molecule has 90 valence electrons. The maximum absolute atomic E-state index is 10.0. The normalized spacial score (nSPS) is 12.4. The van der Waals surface area contributed by atoms with Crippen LogP contribution in [0.5, 0.6) is 5.88 Å². The molecule has 6 heteroatoms. The zero-order valence-electron chi connectivity index (χ0n) is 9.74. The van der Waals surface area contributed by atoms with E-state index < -0.39 is 6.10 Å². The van der Waals surface area contributed by atoms with E-state index in [2.05, 4.69) is 15.1 Å². The van der Waals surface area contributed by atoms with E-state index in [-0.39, 0.29) is 0 Å². The molecule has 1 N–H and O–H groups in total. The van der Waals surface area contributed by atoms with Crippen molar-refractivity contribution in [2.75, 3.05) is 7.11 Å². The SMILES string of the molecule is COc1cc(C(O)Cc2ccn(C)n2)ncn1. The molecule has 17 heavy (non-hydrogen) atoms. The Morgan fingerprint density at radius 2 is 2.29 bits per heavy atom. The van der Waals surface area contributed by atoms with Gasteiger partial charge in [0.25, 0.3) is 0 Å². The molecular formula is C11H14N4O2. The van der Waals surface area contributed by atoms with E-state index in [1.54, 1.807) is 10.7 Å². The van der Waals surface area contributed by atoms with E-state index in [0.717, 1.165) is 5.69 Å². The highest BCUT2D eigenvalue weighted by Gasteiger charge is 2.12. The minimum absolute atomic E-state index is 0.418. The van der Waals surface area contributed by atoms with Gasteiger partial charge in [0.05, 0.1) is 18.5 Å². The molecular weight excluding hydrogens is 220 g/mol. The highest BCUT2D eigenvalue weighted by Crippen LogP contribution is 2.17. The Labute approximate surface area is 98.9 Å². The van der Waals surface area contributed by atoms with E-state index in [9.17, 15) is 5.11 Å². The van der Waals surface area contributed by atoms with Gasteiger partial charge in [-0.15, -0.1) is 0 Å². The third kappa shape index (κ3) is 2.79. The Balaban J connectivity index is 2.11. The zero-order valence-corrected chi connectivity index (χ0v) is 9.74. The van der Waals surface area contributed by atoms with Crippen molar-refractivity contribution in [3.05, 3.63) is 36.0 Å². The lowest BCUT2D eigenvalue weighted by Crippen LogP contribution is -2.06. The summed E-state index contributed by atoms with van der Waals surface area (Å²) in [6.45, 7) is 0. The molecule has 0 saturated carbocycles. The predicted molar refractivity (Wildman–Crippen MR) is 60.5 cm³/mol. The molecule has 2 rings (SSSR count). The fourth-order valence-electron chi connectivity index (χ4n) is 1.52. The number of nitrogens with zero attached hydrogens (tertiary/aromatic N) is 4. The van der Waals surface area contributed by atoms with Gasteiger partial charge in [-0.3, -0.25) is 4.68 Å². The Hall–Kier alpha value is -1.95. The molecule has 0 aromatic carbocycles. The van der Waals surface area contributed by atoms with Gasteiger partial charge in [0, 0.05) is 25.7 Å². The van der Waals surface area contributed by atoms with Crippen LogP contribution in [0, 0.1) is 0 Å². The number of hydrogen-bond donors (Lipinski definition) is 1. The Morgan fingerprint density at radius 1 is 1.47 bits per heavy atom. The van der Waals surface area contributed by atoms with Crippen molar-refractivity contribution in [1.82, 2.24) is 19.7 Å². The summed E-state index contributed by atoms with van der Waals surface area (Å²) in [6, 6.07) is 3.48. The van der Waals surface area contributed by atoms with Gasteiger partial charge >= 0.3 is 0 Å². The number of aliphatic hydroxyl groups is 1. The lowest BCUT2D eigenvalue weighted by Gasteiger charge is -2.08. The van der Waals surface area contributed by atoms with Crippen LogP contribution in [0.3, 0.4) is 0 Å². The molecule has 0 saturated heterocycles. The van der Waals surface area contributed by atoms with Crippen LogP contribution in [0.1, 0.15) is 17.5 Å². The lowest BCUT2D eigenvalue weighted by atomic mass is 10.1. The standard InChI is InChI=1S/C11H14N4O2/c1-15-4-3-8(14-15)5-10(16)9-6-11(17-2)13-7-12-9/h3-4,6-7,10,16H,5H2,1-2H3. The molecule has 0 aliphatic rings. The molecule has 6 nitrogen and oxygen atoms in total. The van der Waals surface area contributed by atoms with E-state index in [1.807, 2.05) is 19.3 Å². The first-order valence-corrected chi connectivity index (χ1v) is 5.21.